The van der Waals surface area contributed by atoms with Crippen LogP contribution in [0, 0.1) is 5.92 Å². The molecule has 0 radical (unpaired) electrons. The van der Waals surface area contributed by atoms with Gasteiger partial charge in [-0.15, -0.1) is 0 Å². The first-order valence-corrected chi connectivity index (χ1v) is 7.37. The number of benzene rings is 1. The zero-order valence-electron chi connectivity index (χ0n) is 12.8. The minimum absolute atomic E-state index is 0.0328. The van der Waals surface area contributed by atoms with E-state index in [-0.39, 0.29) is 6.04 Å². The molecule has 0 spiro atoms. The molecule has 4 nitrogen and oxygen atoms in total. The summed E-state index contributed by atoms with van der Waals surface area (Å²) in [4.78, 5) is 2.44. The molecule has 1 aromatic rings. The summed E-state index contributed by atoms with van der Waals surface area (Å²) < 4.78 is 10.7. The lowest BCUT2D eigenvalue weighted by Crippen LogP contribution is -2.33. The molecule has 1 saturated carbocycles. The van der Waals surface area contributed by atoms with Crippen LogP contribution in [0.25, 0.3) is 0 Å². The Kier molecular flexibility index (Phi) is 5.26. The van der Waals surface area contributed by atoms with Gasteiger partial charge in [0.25, 0.3) is 0 Å². The van der Waals surface area contributed by atoms with Gasteiger partial charge in [-0.3, -0.25) is 0 Å². The smallest absolute Gasteiger partial charge is 0.127 e. The van der Waals surface area contributed by atoms with Crippen molar-refractivity contribution in [2.45, 2.75) is 25.8 Å². The molecule has 1 aliphatic rings. The summed E-state index contributed by atoms with van der Waals surface area (Å²) in [5, 5.41) is 0. The van der Waals surface area contributed by atoms with Crippen LogP contribution in [-0.4, -0.2) is 38.8 Å². The quantitative estimate of drug-likeness (QED) is 0.793. The van der Waals surface area contributed by atoms with Crippen molar-refractivity contribution in [1.29, 1.82) is 0 Å². The Labute approximate surface area is 121 Å². The van der Waals surface area contributed by atoms with Gasteiger partial charge in [-0.2, -0.15) is 0 Å². The van der Waals surface area contributed by atoms with Crippen molar-refractivity contribution < 1.29 is 9.47 Å². The van der Waals surface area contributed by atoms with Crippen LogP contribution < -0.4 is 15.2 Å². The van der Waals surface area contributed by atoms with Crippen LogP contribution in [0.2, 0.25) is 0 Å². The van der Waals surface area contributed by atoms with Gasteiger partial charge in [0.1, 0.15) is 11.5 Å². The standard InChI is InChI=1S/C16H26N2O2/c1-4-18(10-12-5-6-12)11-15(17)14-8-7-13(19-2)9-16(14)20-3/h7-9,12,15H,4-6,10-11,17H2,1-3H3. The van der Waals surface area contributed by atoms with Gasteiger partial charge in [0.15, 0.2) is 0 Å². The molecule has 2 N–H and O–H groups in total. The van der Waals surface area contributed by atoms with E-state index in [9.17, 15) is 0 Å². The van der Waals surface area contributed by atoms with Crippen LogP contribution in [0.5, 0.6) is 11.5 Å². The van der Waals surface area contributed by atoms with E-state index >= 15 is 0 Å². The number of likely N-dealkylation sites (N-methyl/N-ethyl adjacent to an activating group) is 1. The maximum Gasteiger partial charge on any atom is 0.127 e. The highest BCUT2D eigenvalue weighted by atomic mass is 16.5. The first-order chi connectivity index (χ1) is 9.67. The molecule has 0 saturated heterocycles. The maximum atomic E-state index is 6.37. The third kappa shape index (κ3) is 3.87. The number of methoxy groups -OCH3 is 2. The second-order valence-electron chi connectivity index (χ2n) is 5.51. The average Bonchev–Trinajstić information content (AvgIpc) is 3.29. The normalized spacial score (nSPS) is 16.2. The van der Waals surface area contributed by atoms with Crippen molar-refractivity contribution in [3.8, 4) is 11.5 Å². The highest BCUT2D eigenvalue weighted by Gasteiger charge is 2.25. The maximum absolute atomic E-state index is 6.37. The third-order valence-electron chi connectivity index (χ3n) is 3.96. The summed E-state index contributed by atoms with van der Waals surface area (Å²) in [5.41, 5.74) is 7.42. The molecule has 1 unspecified atom stereocenters. The Hall–Kier alpha value is -1.26. The van der Waals surface area contributed by atoms with Crippen LogP contribution in [0.4, 0.5) is 0 Å². The molecule has 1 aliphatic carbocycles. The number of nitrogens with zero attached hydrogens (tertiary/aromatic N) is 1. The van der Waals surface area contributed by atoms with E-state index in [2.05, 4.69) is 11.8 Å². The molecular formula is C16H26N2O2. The summed E-state index contributed by atoms with van der Waals surface area (Å²) in [6, 6.07) is 5.81. The summed E-state index contributed by atoms with van der Waals surface area (Å²) in [7, 11) is 3.33. The lowest BCUT2D eigenvalue weighted by atomic mass is 10.1. The molecule has 0 aromatic heterocycles. The summed E-state index contributed by atoms with van der Waals surface area (Å²) >= 11 is 0. The highest BCUT2D eigenvalue weighted by molar-refractivity contribution is 5.42. The van der Waals surface area contributed by atoms with Crippen molar-refractivity contribution >= 4 is 0 Å². The lowest BCUT2D eigenvalue weighted by Gasteiger charge is -2.25. The van der Waals surface area contributed by atoms with Gasteiger partial charge in [0.05, 0.1) is 14.2 Å². The molecule has 1 fully saturated rings. The van der Waals surface area contributed by atoms with Gasteiger partial charge in [-0.25, -0.2) is 0 Å². The molecule has 0 amide bonds. The van der Waals surface area contributed by atoms with Gasteiger partial charge in [-0.1, -0.05) is 13.0 Å². The number of nitrogens with two attached hydrogens (primary N) is 1. The van der Waals surface area contributed by atoms with E-state index in [0.29, 0.717) is 0 Å². The highest BCUT2D eigenvalue weighted by Crippen LogP contribution is 2.32. The number of rotatable bonds is 8. The van der Waals surface area contributed by atoms with Crippen molar-refractivity contribution in [3.05, 3.63) is 23.8 Å². The molecule has 112 valence electrons. The predicted octanol–water partition coefficient (Wildman–Crippen LogP) is 2.44. The number of ether oxygens (including phenoxy) is 2. The van der Waals surface area contributed by atoms with Gasteiger partial charge in [-0.05, 0) is 31.4 Å². The van der Waals surface area contributed by atoms with Gasteiger partial charge in [0, 0.05) is 30.8 Å². The van der Waals surface area contributed by atoms with E-state index in [1.54, 1.807) is 14.2 Å². The average molecular weight is 278 g/mol. The van der Waals surface area contributed by atoms with Crippen molar-refractivity contribution in [1.82, 2.24) is 4.90 Å². The van der Waals surface area contributed by atoms with E-state index in [4.69, 9.17) is 15.2 Å². The second kappa shape index (κ2) is 6.95. The molecule has 1 atom stereocenters. The Morgan fingerprint density at radius 1 is 1.30 bits per heavy atom. The first kappa shape index (κ1) is 15.1. The second-order valence-corrected chi connectivity index (χ2v) is 5.51. The SMILES string of the molecule is CCN(CC1CC1)CC(N)c1ccc(OC)cc1OC. The molecule has 20 heavy (non-hydrogen) atoms. The predicted molar refractivity (Wildman–Crippen MR) is 81.3 cm³/mol. The van der Waals surface area contributed by atoms with E-state index in [1.807, 2.05) is 18.2 Å². The Morgan fingerprint density at radius 2 is 2.05 bits per heavy atom. The Balaban J connectivity index is 2.04. The Bertz CT molecular complexity index is 432. The zero-order chi connectivity index (χ0) is 14.5. The van der Waals surface area contributed by atoms with Crippen molar-refractivity contribution in [2.24, 2.45) is 11.7 Å². The third-order valence-corrected chi connectivity index (χ3v) is 3.96. The fourth-order valence-electron chi connectivity index (χ4n) is 2.50. The molecule has 0 heterocycles. The Morgan fingerprint density at radius 3 is 2.60 bits per heavy atom. The van der Waals surface area contributed by atoms with Crippen LogP contribution in [0.15, 0.2) is 18.2 Å². The van der Waals surface area contributed by atoms with Gasteiger partial charge in [0.2, 0.25) is 0 Å². The summed E-state index contributed by atoms with van der Waals surface area (Å²) in [6.07, 6.45) is 2.75. The van der Waals surface area contributed by atoms with Crippen LogP contribution >= 0.6 is 0 Å². The zero-order valence-corrected chi connectivity index (χ0v) is 12.8. The summed E-state index contributed by atoms with van der Waals surface area (Å²) in [6.45, 7) is 5.28. The molecular weight excluding hydrogens is 252 g/mol. The minimum atomic E-state index is -0.0328. The van der Waals surface area contributed by atoms with E-state index in [1.165, 1.54) is 19.4 Å². The van der Waals surface area contributed by atoms with Gasteiger partial charge >= 0.3 is 0 Å². The minimum Gasteiger partial charge on any atom is -0.497 e. The van der Waals surface area contributed by atoms with Crippen molar-refractivity contribution in [3.63, 3.8) is 0 Å². The lowest BCUT2D eigenvalue weighted by molar-refractivity contribution is 0.258. The number of hydrogen-bond acceptors (Lipinski definition) is 4. The van der Waals surface area contributed by atoms with Crippen molar-refractivity contribution in [2.75, 3.05) is 33.9 Å². The molecule has 1 aromatic carbocycles. The largest absolute Gasteiger partial charge is 0.497 e. The topological polar surface area (TPSA) is 47.7 Å². The molecule has 0 aliphatic heterocycles. The molecule has 0 bridgehead atoms. The molecule has 2 rings (SSSR count). The van der Waals surface area contributed by atoms with Crippen LogP contribution in [0.1, 0.15) is 31.4 Å². The van der Waals surface area contributed by atoms with Crippen LogP contribution in [-0.2, 0) is 0 Å². The summed E-state index contributed by atoms with van der Waals surface area (Å²) in [5.74, 6) is 2.49. The van der Waals surface area contributed by atoms with E-state index in [0.717, 1.165) is 36.1 Å². The van der Waals surface area contributed by atoms with Gasteiger partial charge < -0.3 is 20.1 Å². The number of hydrogen-bond donors (Lipinski definition) is 1. The molecule has 4 heteroatoms. The van der Waals surface area contributed by atoms with Crippen LogP contribution in [0.3, 0.4) is 0 Å². The monoisotopic (exact) mass is 278 g/mol. The first-order valence-electron chi connectivity index (χ1n) is 7.37. The fourth-order valence-corrected chi connectivity index (χ4v) is 2.50. The fraction of sp³-hybridized carbons (Fsp3) is 0.625. The van der Waals surface area contributed by atoms with E-state index < -0.39 is 0 Å².